The molecule has 0 aromatic heterocycles. The van der Waals surface area contributed by atoms with Gasteiger partial charge in [-0.1, -0.05) is 0 Å². The molecule has 2 aliphatic heterocycles. The van der Waals surface area contributed by atoms with Gasteiger partial charge in [-0.3, -0.25) is 0 Å². The molecule has 17 heavy (non-hydrogen) atoms. The van der Waals surface area contributed by atoms with Gasteiger partial charge in [0.25, 0.3) is 0 Å². The number of rotatable bonds is 5. The molecule has 0 saturated carbocycles. The summed E-state index contributed by atoms with van der Waals surface area (Å²) in [5.74, 6) is 0.690. The molecular weight excluding hydrogens is 216 g/mol. The number of hydrogen-bond acceptors (Lipinski definition) is 4. The summed E-state index contributed by atoms with van der Waals surface area (Å²) in [5.41, 5.74) is 6.27. The summed E-state index contributed by atoms with van der Waals surface area (Å²) in [6.07, 6.45) is 4.39. The first kappa shape index (κ1) is 13.3. The minimum absolute atomic E-state index is 0.284. The van der Waals surface area contributed by atoms with Crippen LogP contribution in [0.5, 0.6) is 0 Å². The first-order valence-electron chi connectivity index (χ1n) is 6.89. The number of aliphatic hydroxyl groups excluding tert-OH is 1. The molecule has 0 aliphatic carbocycles. The van der Waals surface area contributed by atoms with Gasteiger partial charge in [0.15, 0.2) is 0 Å². The van der Waals surface area contributed by atoms with E-state index in [2.05, 4.69) is 4.90 Å². The zero-order valence-corrected chi connectivity index (χ0v) is 10.7. The topological polar surface area (TPSA) is 58.7 Å². The molecular formula is C13H26N2O2. The highest BCUT2D eigenvalue weighted by molar-refractivity contribution is 4.88. The van der Waals surface area contributed by atoms with Crippen LogP contribution in [0.4, 0.5) is 0 Å². The number of nitrogens with two attached hydrogens (primary N) is 1. The molecule has 2 saturated heterocycles. The van der Waals surface area contributed by atoms with Crippen molar-refractivity contribution in [3.05, 3.63) is 0 Å². The fourth-order valence-electron chi connectivity index (χ4n) is 3.18. The Bertz CT molecular complexity index is 229. The Kier molecular flexibility index (Phi) is 4.79. The van der Waals surface area contributed by atoms with Crippen molar-refractivity contribution in [1.82, 2.24) is 4.90 Å². The van der Waals surface area contributed by atoms with Gasteiger partial charge in [0.2, 0.25) is 0 Å². The summed E-state index contributed by atoms with van der Waals surface area (Å²) in [5, 5.41) is 8.98. The SMILES string of the molecule is NCC1(CN2CCC(CCO)C2)CCOCC1. The van der Waals surface area contributed by atoms with Crippen LogP contribution in [0.2, 0.25) is 0 Å². The average molecular weight is 242 g/mol. The van der Waals surface area contributed by atoms with Crippen LogP contribution in [0.3, 0.4) is 0 Å². The summed E-state index contributed by atoms with van der Waals surface area (Å²) in [4.78, 5) is 2.54. The van der Waals surface area contributed by atoms with E-state index in [0.29, 0.717) is 12.5 Å². The molecule has 4 nitrogen and oxygen atoms in total. The Labute approximate surface area is 104 Å². The summed E-state index contributed by atoms with van der Waals surface area (Å²) < 4.78 is 5.44. The molecule has 0 aromatic rings. The Hall–Kier alpha value is -0.160. The smallest absolute Gasteiger partial charge is 0.0472 e. The monoisotopic (exact) mass is 242 g/mol. The second-order valence-electron chi connectivity index (χ2n) is 5.72. The molecule has 2 heterocycles. The maximum Gasteiger partial charge on any atom is 0.0472 e. The number of hydrogen-bond donors (Lipinski definition) is 2. The van der Waals surface area contributed by atoms with Gasteiger partial charge in [-0.15, -0.1) is 0 Å². The molecule has 2 fully saturated rings. The van der Waals surface area contributed by atoms with Crippen molar-refractivity contribution in [2.24, 2.45) is 17.1 Å². The lowest BCUT2D eigenvalue weighted by Gasteiger charge is -2.39. The van der Waals surface area contributed by atoms with Crippen LogP contribution in [-0.4, -0.2) is 56.0 Å². The van der Waals surface area contributed by atoms with Crippen LogP contribution < -0.4 is 5.73 Å². The molecule has 0 radical (unpaired) electrons. The standard InChI is InChI=1S/C13H26N2O2/c14-10-13(3-7-17-8-4-13)11-15-5-1-12(9-15)2-6-16/h12,16H,1-11,14H2. The molecule has 4 heteroatoms. The van der Waals surface area contributed by atoms with Crippen LogP contribution in [0.15, 0.2) is 0 Å². The second kappa shape index (κ2) is 6.14. The predicted octanol–water partition coefficient (Wildman–Crippen LogP) is 0.446. The lowest BCUT2D eigenvalue weighted by Crippen LogP contribution is -2.45. The van der Waals surface area contributed by atoms with E-state index in [9.17, 15) is 0 Å². The third-order valence-electron chi connectivity index (χ3n) is 4.45. The van der Waals surface area contributed by atoms with Crippen molar-refractivity contribution < 1.29 is 9.84 Å². The van der Waals surface area contributed by atoms with Gasteiger partial charge >= 0.3 is 0 Å². The van der Waals surface area contributed by atoms with E-state index in [1.54, 1.807) is 0 Å². The lowest BCUT2D eigenvalue weighted by molar-refractivity contribution is 0.00277. The first-order chi connectivity index (χ1) is 8.28. The molecule has 1 unspecified atom stereocenters. The van der Waals surface area contributed by atoms with Crippen molar-refractivity contribution in [3.63, 3.8) is 0 Å². The number of aliphatic hydroxyl groups is 1. The summed E-state index contributed by atoms with van der Waals surface area (Å²) in [6.45, 7) is 6.27. The minimum atomic E-state index is 0.284. The Balaban J connectivity index is 1.83. The minimum Gasteiger partial charge on any atom is -0.396 e. The quantitative estimate of drug-likeness (QED) is 0.735. The molecule has 100 valence electrons. The lowest BCUT2D eigenvalue weighted by atomic mass is 9.80. The van der Waals surface area contributed by atoms with E-state index in [1.165, 1.54) is 13.0 Å². The average Bonchev–Trinajstić information content (AvgIpc) is 2.78. The van der Waals surface area contributed by atoms with E-state index >= 15 is 0 Å². The highest BCUT2D eigenvalue weighted by Crippen LogP contribution is 2.32. The normalized spacial score (nSPS) is 29.6. The number of nitrogens with zero attached hydrogens (tertiary/aromatic N) is 1. The van der Waals surface area contributed by atoms with Gasteiger partial charge in [0.1, 0.15) is 0 Å². The Morgan fingerprint density at radius 3 is 2.76 bits per heavy atom. The van der Waals surface area contributed by atoms with Crippen molar-refractivity contribution in [1.29, 1.82) is 0 Å². The van der Waals surface area contributed by atoms with Crippen molar-refractivity contribution in [2.45, 2.75) is 25.7 Å². The highest BCUT2D eigenvalue weighted by Gasteiger charge is 2.35. The molecule has 2 aliphatic rings. The third-order valence-corrected chi connectivity index (χ3v) is 4.45. The zero-order chi connectivity index (χ0) is 12.1. The fraction of sp³-hybridized carbons (Fsp3) is 1.00. The largest absolute Gasteiger partial charge is 0.396 e. The van der Waals surface area contributed by atoms with Gasteiger partial charge < -0.3 is 20.5 Å². The van der Waals surface area contributed by atoms with Gasteiger partial charge in [0.05, 0.1) is 0 Å². The van der Waals surface area contributed by atoms with Crippen molar-refractivity contribution >= 4 is 0 Å². The van der Waals surface area contributed by atoms with Crippen LogP contribution in [-0.2, 0) is 4.74 Å². The molecule has 0 spiro atoms. The Morgan fingerprint density at radius 1 is 1.35 bits per heavy atom. The van der Waals surface area contributed by atoms with Crippen molar-refractivity contribution in [2.75, 3.05) is 46.0 Å². The molecule has 0 aromatic carbocycles. The Morgan fingerprint density at radius 2 is 2.12 bits per heavy atom. The van der Waals surface area contributed by atoms with Crippen LogP contribution in [0.25, 0.3) is 0 Å². The van der Waals surface area contributed by atoms with E-state index in [-0.39, 0.29) is 5.41 Å². The molecule has 1 atom stereocenters. The summed E-state index contributed by atoms with van der Waals surface area (Å²) in [7, 11) is 0. The van der Waals surface area contributed by atoms with Gasteiger partial charge in [-0.05, 0) is 50.1 Å². The zero-order valence-electron chi connectivity index (χ0n) is 10.7. The first-order valence-corrected chi connectivity index (χ1v) is 6.89. The molecule has 3 N–H and O–H groups in total. The van der Waals surface area contributed by atoms with Gasteiger partial charge in [-0.25, -0.2) is 0 Å². The van der Waals surface area contributed by atoms with Gasteiger partial charge in [-0.2, -0.15) is 0 Å². The van der Waals surface area contributed by atoms with Crippen molar-refractivity contribution in [3.8, 4) is 0 Å². The van der Waals surface area contributed by atoms with Gasteiger partial charge in [0, 0.05) is 32.9 Å². The number of likely N-dealkylation sites (tertiary alicyclic amines) is 1. The second-order valence-corrected chi connectivity index (χ2v) is 5.72. The van der Waals surface area contributed by atoms with E-state index in [4.69, 9.17) is 15.6 Å². The van der Waals surface area contributed by atoms with E-state index in [1.807, 2.05) is 0 Å². The fourth-order valence-corrected chi connectivity index (χ4v) is 3.18. The maximum absolute atomic E-state index is 8.98. The van der Waals surface area contributed by atoms with E-state index < -0.39 is 0 Å². The molecule has 2 rings (SSSR count). The molecule has 0 amide bonds. The van der Waals surface area contributed by atoms with Crippen LogP contribution >= 0.6 is 0 Å². The van der Waals surface area contributed by atoms with E-state index in [0.717, 1.165) is 52.1 Å². The molecule has 0 bridgehead atoms. The maximum atomic E-state index is 8.98. The summed E-state index contributed by atoms with van der Waals surface area (Å²) >= 11 is 0. The predicted molar refractivity (Wildman–Crippen MR) is 67.8 cm³/mol. The summed E-state index contributed by atoms with van der Waals surface area (Å²) in [6, 6.07) is 0. The van der Waals surface area contributed by atoms with Crippen LogP contribution in [0, 0.1) is 11.3 Å². The third kappa shape index (κ3) is 3.41. The number of ether oxygens (including phenoxy) is 1. The highest BCUT2D eigenvalue weighted by atomic mass is 16.5. The van der Waals surface area contributed by atoms with Crippen LogP contribution in [0.1, 0.15) is 25.7 Å².